The van der Waals surface area contributed by atoms with Gasteiger partial charge in [0.2, 0.25) is 0 Å². The Balaban J connectivity index is 1.44. The van der Waals surface area contributed by atoms with Crippen LogP contribution in [0.25, 0.3) is 0 Å². The van der Waals surface area contributed by atoms with Crippen molar-refractivity contribution in [1.29, 1.82) is 0 Å². The lowest BCUT2D eigenvalue weighted by Gasteiger charge is -2.46. The predicted octanol–water partition coefficient (Wildman–Crippen LogP) is 6.21. The van der Waals surface area contributed by atoms with Crippen LogP contribution in [0.3, 0.4) is 0 Å². The minimum absolute atomic E-state index is 0.214. The number of hydrogen-bond donors (Lipinski definition) is 0. The van der Waals surface area contributed by atoms with Crippen LogP contribution in [-0.4, -0.2) is 23.2 Å². The van der Waals surface area contributed by atoms with Crippen LogP contribution in [-0.2, 0) is 9.53 Å². The topological polar surface area (TPSA) is 38.7 Å². The Kier molecular flexibility index (Phi) is 5.46. The molecule has 1 saturated carbocycles. The molecule has 4 aliphatic rings. The van der Waals surface area contributed by atoms with Gasteiger partial charge in [0.05, 0.1) is 11.2 Å². The molecule has 32 heavy (non-hydrogen) atoms. The number of allylic oxidation sites excluding steroid dienone is 1. The van der Waals surface area contributed by atoms with E-state index in [0.717, 1.165) is 50.5 Å². The highest BCUT2D eigenvalue weighted by Gasteiger charge is 2.58. The molecule has 2 aliphatic carbocycles. The molecule has 1 aromatic rings. The largest absolute Gasteiger partial charge is 0.359 e. The normalized spacial score (nSPS) is 36.1. The molecule has 5 rings (SSSR count). The molecule has 3 nitrogen and oxygen atoms in total. The number of rotatable bonds is 2. The maximum absolute atomic E-state index is 12.3. The number of nitrogens with zero attached hydrogens (tertiary/aromatic N) is 1. The Bertz CT molecular complexity index is 1070. The lowest BCUT2D eigenvalue weighted by atomic mass is 9.75. The van der Waals surface area contributed by atoms with Gasteiger partial charge in [-0.25, -0.2) is 4.99 Å². The van der Waals surface area contributed by atoms with E-state index in [9.17, 15) is 4.79 Å². The second-order valence-electron chi connectivity index (χ2n) is 10.3. The lowest BCUT2D eigenvalue weighted by Crippen LogP contribution is -2.48. The van der Waals surface area contributed by atoms with Crippen LogP contribution in [0, 0.1) is 25.3 Å². The van der Waals surface area contributed by atoms with Gasteiger partial charge in [0, 0.05) is 25.1 Å². The van der Waals surface area contributed by atoms with E-state index < -0.39 is 0 Å². The molecule has 1 aromatic carbocycles. The Labute approximate surface area is 192 Å². The lowest BCUT2D eigenvalue weighted by molar-refractivity contribution is -0.137. The van der Waals surface area contributed by atoms with Crippen LogP contribution < -0.4 is 0 Å². The van der Waals surface area contributed by atoms with Gasteiger partial charge in [-0.3, -0.25) is 4.79 Å². The van der Waals surface area contributed by atoms with Crippen LogP contribution in [0.5, 0.6) is 0 Å². The van der Waals surface area contributed by atoms with Gasteiger partial charge in [0.1, 0.15) is 5.78 Å². The molecule has 3 heteroatoms. The summed E-state index contributed by atoms with van der Waals surface area (Å²) in [4.78, 5) is 16.3. The van der Waals surface area contributed by atoms with Gasteiger partial charge in [-0.05, 0) is 97.6 Å². The number of carbonyl (C=O) groups is 1. The summed E-state index contributed by atoms with van der Waals surface area (Å²) >= 11 is 0. The summed E-state index contributed by atoms with van der Waals surface area (Å²) in [7, 11) is 0. The third kappa shape index (κ3) is 3.50. The number of ketones is 1. The van der Waals surface area contributed by atoms with E-state index in [0.29, 0.717) is 30.5 Å². The summed E-state index contributed by atoms with van der Waals surface area (Å²) in [6.07, 6.45) is 20.6. The summed E-state index contributed by atoms with van der Waals surface area (Å²) < 4.78 is 6.98. The fraction of sp³-hybridized carbons (Fsp3) is 0.517. The number of Topliss-reactive ketones (excluding diaryl/α,β-unsaturated/α-hetero) is 1. The molecule has 4 atom stereocenters. The SMILES string of the molecule is C#C/N=C\c1cc(C2CC/C=C3/C=C4CCC(=O)C[C@]45CC[C@]3(O5)[C@@H](C)CC2)ccc1C. The minimum Gasteiger partial charge on any atom is -0.359 e. The average molecular weight is 428 g/mol. The van der Waals surface area contributed by atoms with Crippen molar-refractivity contribution in [3.8, 4) is 12.5 Å². The fourth-order valence-electron chi connectivity index (χ4n) is 6.55. The molecular weight excluding hydrogens is 394 g/mol. The summed E-state index contributed by atoms with van der Waals surface area (Å²) in [6.45, 7) is 4.46. The van der Waals surface area contributed by atoms with Crippen molar-refractivity contribution in [2.24, 2.45) is 10.9 Å². The number of benzene rings is 1. The van der Waals surface area contributed by atoms with E-state index in [1.54, 1.807) is 6.21 Å². The van der Waals surface area contributed by atoms with E-state index in [1.165, 1.54) is 22.3 Å². The zero-order chi connectivity index (χ0) is 22.3. The first-order chi connectivity index (χ1) is 15.5. The van der Waals surface area contributed by atoms with Gasteiger partial charge in [-0.15, -0.1) is 0 Å². The average Bonchev–Trinajstić information content (AvgIpc) is 3.13. The molecule has 0 amide bonds. The maximum atomic E-state index is 12.3. The quantitative estimate of drug-likeness (QED) is 0.416. The van der Waals surface area contributed by atoms with Crippen molar-refractivity contribution in [3.63, 3.8) is 0 Å². The Hall–Kier alpha value is -2.44. The molecule has 2 spiro atoms. The smallest absolute Gasteiger partial charge is 0.136 e. The van der Waals surface area contributed by atoms with Crippen molar-refractivity contribution >= 4 is 12.0 Å². The van der Waals surface area contributed by atoms with E-state index >= 15 is 0 Å². The number of hydrogen-bond acceptors (Lipinski definition) is 3. The molecule has 2 aliphatic heterocycles. The highest BCUT2D eigenvalue weighted by atomic mass is 16.5. The summed E-state index contributed by atoms with van der Waals surface area (Å²) in [6, 6.07) is 9.10. The third-order valence-electron chi connectivity index (χ3n) is 8.51. The monoisotopic (exact) mass is 427 g/mol. The molecule has 0 radical (unpaired) electrons. The molecule has 2 bridgehead atoms. The maximum Gasteiger partial charge on any atom is 0.136 e. The first kappa shape index (κ1) is 21.4. The van der Waals surface area contributed by atoms with Gasteiger partial charge >= 0.3 is 0 Å². The summed E-state index contributed by atoms with van der Waals surface area (Å²) in [5.74, 6) is 1.30. The molecule has 0 N–H and O–H groups in total. The van der Waals surface area contributed by atoms with E-state index in [1.807, 2.05) is 0 Å². The van der Waals surface area contributed by atoms with Crippen molar-refractivity contribution < 1.29 is 9.53 Å². The van der Waals surface area contributed by atoms with Crippen molar-refractivity contribution in [2.45, 2.75) is 88.8 Å². The minimum atomic E-state index is -0.309. The Morgan fingerprint density at radius 1 is 1.22 bits per heavy atom. The number of carbonyl (C=O) groups excluding carboxylic acids is 1. The van der Waals surface area contributed by atoms with Crippen molar-refractivity contribution in [2.75, 3.05) is 0 Å². The standard InChI is InChI=1S/C29H33NO2/c1-4-30-19-24-16-23(10-8-20(24)2)22-6-5-7-26-17-25-12-13-27(31)18-28(25)14-15-29(26,32-28)21(3)9-11-22/h1,7-8,10,16-17,19,21-22H,5-6,9,11-15,18H2,2-3H3/b26-7-,30-19-/t21-,22?,28+,29-/m0/s1. The number of terminal acetylenes is 1. The van der Waals surface area contributed by atoms with Crippen molar-refractivity contribution in [1.82, 2.24) is 0 Å². The van der Waals surface area contributed by atoms with E-state index in [-0.39, 0.29) is 11.2 Å². The van der Waals surface area contributed by atoms with Crippen LogP contribution in [0.15, 0.2) is 46.5 Å². The van der Waals surface area contributed by atoms with Crippen LogP contribution >= 0.6 is 0 Å². The van der Waals surface area contributed by atoms with Crippen LogP contribution in [0.1, 0.15) is 87.3 Å². The van der Waals surface area contributed by atoms with Gasteiger partial charge in [-0.2, -0.15) is 0 Å². The van der Waals surface area contributed by atoms with Gasteiger partial charge in [0.15, 0.2) is 0 Å². The molecule has 2 heterocycles. The molecular formula is C29H33NO2. The highest BCUT2D eigenvalue weighted by Crippen LogP contribution is 2.58. The van der Waals surface area contributed by atoms with Gasteiger partial charge in [0.25, 0.3) is 0 Å². The predicted molar refractivity (Wildman–Crippen MR) is 129 cm³/mol. The Morgan fingerprint density at radius 2 is 2.09 bits per heavy atom. The molecule has 1 saturated heterocycles. The van der Waals surface area contributed by atoms with E-state index in [4.69, 9.17) is 11.2 Å². The number of aryl methyl sites for hydroxylation is 1. The fourth-order valence-corrected chi connectivity index (χ4v) is 6.55. The highest BCUT2D eigenvalue weighted by molar-refractivity contribution is 5.83. The molecule has 2 fully saturated rings. The first-order valence-electron chi connectivity index (χ1n) is 12.2. The van der Waals surface area contributed by atoms with Crippen molar-refractivity contribution in [3.05, 3.63) is 58.2 Å². The molecule has 1 unspecified atom stereocenters. The molecule has 166 valence electrons. The second kappa shape index (κ2) is 8.16. The summed E-state index contributed by atoms with van der Waals surface area (Å²) in [5.41, 5.74) is 5.92. The second-order valence-corrected chi connectivity index (χ2v) is 10.3. The van der Waals surface area contributed by atoms with E-state index in [2.05, 4.69) is 55.2 Å². The third-order valence-corrected chi connectivity index (χ3v) is 8.51. The Morgan fingerprint density at radius 3 is 2.94 bits per heavy atom. The number of aliphatic imine (C=N–C) groups is 1. The van der Waals surface area contributed by atoms with Crippen LogP contribution in [0.2, 0.25) is 0 Å². The van der Waals surface area contributed by atoms with Gasteiger partial charge in [-0.1, -0.05) is 37.6 Å². The first-order valence-corrected chi connectivity index (χ1v) is 12.2. The van der Waals surface area contributed by atoms with Crippen LogP contribution in [0.4, 0.5) is 0 Å². The zero-order valence-electron chi connectivity index (χ0n) is 19.3. The zero-order valence-corrected chi connectivity index (χ0v) is 19.3. The number of ether oxygens (including phenoxy) is 1. The molecule has 0 aromatic heterocycles. The van der Waals surface area contributed by atoms with Gasteiger partial charge < -0.3 is 4.74 Å². The summed E-state index contributed by atoms with van der Waals surface area (Å²) in [5, 5.41) is 0.